The number of carbonyl (C=O) groups excluding carboxylic acids is 1. The minimum absolute atomic E-state index is 0.208. The fourth-order valence-corrected chi connectivity index (χ4v) is 4.10. The van der Waals surface area contributed by atoms with E-state index in [-0.39, 0.29) is 17.4 Å². The third-order valence-electron chi connectivity index (χ3n) is 4.54. The van der Waals surface area contributed by atoms with Crippen molar-refractivity contribution in [2.45, 2.75) is 25.1 Å². The molecule has 3 aromatic rings. The number of carbonyl (C=O) groups is 1. The van der Waals surface area contributed by atoms with Gasteiger partial charge in [-0.15, -0.1) is 11.3 Å². The van der Waals surface area contributed by atoms with Gasteiger partial charge in [0.25, 0.3) is 0 Å². The van der Waals surface area contributed by atoms with Crippen molar-refractivity contribution in [3.05, 3.63) is 64.7 Å². The van der Waals surface area contributed by atoms with E-state index < -0.39 is 17.7 Å². The summed E-state index contributed by atoms with van der Waals surface area (Å²) in [5.41, 5.74) is 0.441. The quantitative estimate of drug-likeness (QED) is 0.715. The van der Waals surface area contributed by atoms with Gasteiger partial charge in [-0.1, -0.05) is 30.3 Å². The highest BCUT2D eigenvalue weighted by Crippen LogP contribution is 2.51. The predicted octanol–water partition coefficient (Wildman–Crippen LogP) is 4.74. The van der Waals surface area contributed by atoms with Crippen molar-refractivity contribution in [2.24, 2.45) is 5.92 Å². The Balaban J connectivity index is 1.42. The van der Waals surface area contributed by atoms with Gasteiger partial charge in [0.15, 0.2) is 0 Å². The van der Waals surface area contributed by atoms with Crippen molar-refractivity contribution in [1.82, 2.24) is 10.3 Å². The van der Waals surface area contributed by atoms with E-state index in [0.29, 0.717) is 13.0 Å². The molecule has 0 saturated heterocycles. The summed E-state index contributed by atoms with van der Waals surface area (Å²) in [4.78, 5) is 16.8. The lowest BCUT2D eigenvalue weighted by atomic mass is 10.0. The molecule has 1 aliphatic carbocycles. The number of aromatic nitrogens is 1. The molecule has 2 unspecified atom stereocenters. The highest BCUT2D eigenvalue weighted by Gasteiger charge is 2.47. The maximum atomic E-state index is 13.1. The van der Waals surface area contributed by atoms with E-state index in [0.717, 1.165) is 21.3 Å². The zero-order chi connectivity index (χ0) is 18.3. The maximum absolute atomic E-state index is 13.1. The predicted molar refractivity (Wildman–Crippen MR) is 93.8 cm³/mol. The lowest BCUT2D eigenvalue weighted by Crippen LogP contribution is -2.25. The first-order chi connectivity index (χ1) is 12.4. The number of para-hydroxylation sites is 1. The highest BCUT2D eigenvalue weighted by molar-refractivity contribution is 7.18. The topological polar surface area (TPSA) is 42.0 Å². The van der Waals surface area contributed by atoms with E-state index in [2.05, 4.69) is 10.3 Å². The van der Waals surface area contributed by atoms with Crippen molar-refractivity contribution < 1.29 is 18.0 Å². The second-order valence-corrected chi connectivity index (χ2v) is 7.44. The molecule has 1 heterocycles. The van der Waals surface area contributed by atoms with E-state index in [9.17, 15) is 18.0 Å². The molecule has 26 heavy (non-hydrogen) atoms. The summed E-state index contributed by atoms with van der Waals surface area (Å²) in [6, 6.07) is 13.2. The van der Waals surface area contributed by atoms with Crippen LogP contribution in [0.3, 0.4) is 0 Å². The zero-order valence-corrected chi connectivity index (χ0v) is 14.4. The van der Waals surface area contributed by atoms with Crippen molar-refractivity contribution in [3.63, 3.8) is 0 Å². The Morgan fingerprint density at radius 2 is 1.88 bits per heavy atom. The Morgan fingerprint density at radius 1 is 1.15 bits per heavy atom. The Kier molecular flexibility index (Phi) is 4.19. The Bertz CT molecular complexity index is 934. The zero-order valence-electron chi connectivity index (χ0n) is 13.6. The van der Waals surface area contributed by atoms with Gasteiger partial charge < -0.3 is 5.32 Å². The van der Waals surface area contributed by atoms with E-state index in [4.69, 9.17) is 0 Å². The molecule has 4 rings (SSSR count). The molecular weight excluding hydrogens is 361 g/mol. The average molecular weight is 376 g/mol. The Hall–Kier alpha value is -2.41. The van der Waals surface area contributed by atoms with Crippen LogP contribution in [0.2, 0.25) is 0 Å². The summed E-state index contributed by atoms with van der Waals surface area (Å²) in [7, 11) is 0. The van der Waals surface area contributed by atoms with E-state index in [1.165, 1.54) is 23.5 Å². The smallest absolute Gasteiger partial charge is 0.349 e. The molecule has 3 nitrogen and oxygen atoms in total. The average Bonchev–Trinajstić information content (AvgIpc) is 3.31. The molecule has 0 aliphatic heterocycles. The van der Waals surface area contributed by atoms with Gasteiger partial charge in [-0.3, -0.25) is 4.79 Å². The fraction of sp³-hybridized carbons (Fsp3) is 0.263. The van der Waals surface area contributed by atoms with Gasteiger partial charge in [0.05, 0.1) is 22.3 Å². The number of benzene rings is 2. The van der Waals surface area contributed by atoms with Crippen molar-refractivity contribution >= 4 is 27.5 Å². The van der Waals surface area contributed by atoms with Gasteiger partial charge in [-0.05, 0) is 36.1 Å². The van der Waals surface area contributed by atoms with E-state index in [1.807, 2.05) is 24.3 Å². The monoisotopic (exact) mass is 376 g/mol. The molecule has 1 N–H and O–H groups in total. The first-order valence-corrected chi connectivity index (χ1v) is 9.03. The molecule has 0 bridgehead atoms. The van der Waals surface area contributed by atoms with Gasteiger partial charge in [-0.2, -0.15) is 13.2 Å². The third kappa shape index (κ3) is 3.31. The minimum Gasteiger partial charge on any atom is -0.349 e. The normalized spacial score (nSPS) is 19.5. The summed E-state index contributed by atoms with van der Waals surface area (Å²) in [6.45, 7) is 0.294. The largest absolute Gasteiger partial charge is 0.416 e. The van der Waals surface area contributed by atoms with Crippen LogP contribution in [-0.4, -0.2) is 10.9 Å². The highest BCUT2D eigenvalue weighted by atomic mass is 32.1. The first-order valence-electron chi connectivity index (χ1n) is 8.22. The van der Waals surface area contributed by atoms with Crippen LogP contribution in [0, 0.1) is 5.92 Å². The molecule has 1 aromatic heterocycles. The second kappa shape index (κ2) is 6.39. The molecule has 0 spiro atoms. The van der Waals surface area contributed by atoms with Crippen LogP contribution in [0.4, 0.5) is 13.2 Å². The number of hydrogen-bond donors (Lipinski definition) is 1. The summed E-state index contributed by atoms with van der Waals surface area (Å²) in [5, 5.41) is 3.59. The lowest BCUT2D eigenvalue weighted by molar-refractivity contribution is -0.138. The molecule has 1 aliphatic rings. The number of fused-ring (bicyclic) bond motifs is 1. The van der Waals surface area contributed by atoms with Gasteiger partial charge in [0.2, 0.25) is 5.91 Å². The number of thiazole rings is 1. The van der Waals surface area contributed by atoms with E-state index >= 15 is 0 Å². The minimum atomic E-state index is -4.40. The molecule has 1 saturated carbocycles. The van der Waals surface area contributed by atoms with Crippen molar-refractivity contribution in [2.75, 3.05) is 0 Å². The van der Waals surface area contributed by atoms with Gasteiger partial charge in [0.1, 0.15) is 5.01 Å². The molecule has 2 atom stereocenters. The Morgan fingerprint density at radius 3 is 2.65 bits per heavy atom. The summed E-state index contributed by atoms with van der Waals surface area (Å²) >= 11 is 1.50. The van der Waals surface area contributed by atoms with Crippen molar-refractivity contribution in [1.29, 1.82) is 0 Å². The number of nitrogens with zero attached hydrogens (tertiary/aromatic N) is 1. The number of amides is 1. The van der Waals surface area contributed by atoms with Crippen LogP contribution in [0.15, 0.2) is 48.5 Å². The van der Waals surface area contributed by atoms with Crippen LogP contribution < -0.4 is 5.32 Å². The van der Waals surface area contributed by atoms with Gasteiger partial charge >= 0.3 is 6.18 Å². The molecule has 134 valence electrons. The molecular formula is C19H15F3N2OS. The number of hydrogen-bond acceptors (Lipinski definition) is 3. The summed E-state index contributed by atoms with van der Waals surface area (Å²) < 4.78 is 40.4. The first kappa shape index (κ1) is 17.0. The lowest BCUT2D eigenvalue weighted by Gasteiger charge is -2.12. The standard InChI is InChI=1S/C19H15F3N2OS/c20-19(21,22)14-6-2-1-5-11(14)12-9-13(12)18(25)23-10-17-24-15-7-3-4-8-16(15)26-17/h1-8,12-13H,9-10H2,(H,23,25). The van der Waals surface area contributed by atoms with E-state index in [1.54, 1.807) is 6.07 Å². The fourth-order valence-electron chi connectivity index (χ4n) is 3.20. The maximum Gasteiger partial charge on any atom is 0.416 e. The van der Waals surface area contributed by atoms with Crippen LogP contribution >= 0.6 is 11.3 Å². The van der Waals surface area contributed by atoms with Crippen molar-refractivity contribution in [3.8, 4) is 0 Å². The second-order valence-electron chi connectivity index (χ2n) is 6.33. The van der Waals surface area contributed by atoms with Gasteiger partial charge in [-0.25, -0.2) is 4.98 Å². The van der Waals surface area contributed by atoms with Gasteiger partial charge in [0, 0.05) is 5.92 Å². The van der Waals surface area contributed by atoms with Crippen LogP contribution in [0.1, 0.15) is 28.5 Å². The molecule has 0 radical (unpaired) electrons. The third-order valence-corrected chi connectivity index (χ3v) is 5.58. The Labute approximate surface area is 151 Å². The molecule has 2 aromatic carbocycles. The van der Waals surface area contributed by atoms with Crippen LogP contribution in [0.25, 0.3) is 10.2 Å². The number of rotatable bonds is 4. The SMILES string of the molecule is O=C(NCc1nc2ccccc2s1)C1CC1c1ccccc1C(F)(F)F. The number of alkyl halides is 3. The number of halogens is 3. The van der Waals surface area contributed by atoms with Crippen LogP contribution in [-0.2, 0) is 17.5 Å². The molecule has 1 amide bonds. The molecule has 7 heteroatoms. The number of nitrogens with one attached hydrogen (secondary N) is 1. The summed E-state index contributed by atoms with van der Waals surface area (Å²) in [6.07, 6.45) is -3.96. The van der Waals surface area contributed by atoms with Crippen LogP contribution in [0.5, 0.6) is 0 Å². The molecule has 1 fully saturated rings. The summed E-state index contributed by atoms with van der Waals surface area (Å²) in [5.74, 6) is -0.998.